The molecule has 3 aromatic rings. The molecule has 0 aromatic heterocycles. The molecule has 6 rings (SSSR count). The van der Waals surface area contributed by atoms with Crippen molar-refractivity contribution in [1.29, 1.82) is 0 Å². The van der Waals surface area contributed by atoms with Gasteiger partial charge in [-0.2, -0.15) is 4.31 Å². The van der Waals surface area contributed by atoms with Gasteiger partial charge in [-0.15, -0.1) is 0 Å². The average molecular weight is 435 g/mol. The SMILES string of the molecule is O=S(=O)(c1ccc(F)cc1)N1C[C@@H]2N[C@H](C1)C2c1ccc(C=Cc2ccccc2)cc1. The Morgan fingerprint density at radius 1 is 0.806 bits per heavy atom. The highest BCUT2D eigenvalue weighted by Crippen LogP contribution is 2.38. The molecule has 1 unspecified atom stereocenters. The minimum Gasteiger partial charge on any atom is -0.307 e. The summed E-state index contributed by atoms with van der Waals surface area (Å²) in [6, 6.07) is 23.9. The number of nitrogens with zero attached hydrogens (tertiary/aromatic N) is 1. The molecule has 3 atom stereocenters. The third kappa shape index (κ3) is 3.94. The summed E-state index contributed by atoms with van der Waals surface area (Å²) < 4.78 is 40.5. The van der Waals surface area contributed by atoms with E-state index in [4.69, 9.17) is 0 Å². The molecule has 3 saturated heterocycles. The molecular formula is C25H23FN2O2S. The second kappa shape index (κ2) is 8.04. The van der Waals surface area contributed by atoms with E-state index >= 15 is 0 Å². The van der Waals surface area contributed by atoms with Crippen LogP contribution in [0.15, 0.2) is 83.8 Å². The molecule has 6 heteroatoms. The maximum Gasteiger partial charge on any atom is 0.243 e. The van der Waals surface area contributed by atoms with Crippen molar-refractivity contribution in [2.75, 3.05) is 13.1 Å². The van der Waals surface area contributed by atoms with Crippen LogP contribution in [0.5, 0.6) is 0 Å². The first-order chi connectivity index (χ1) is 15.0. The van der Waals surface area contributed by atoms with Crippen LogP contribution in [0.2, 0.25) is 0 Å². The van der Waals surface area contributed by atoms with Crippen molar-refractivity contribution in [2.24, 2.45) is 0 Å². The molecule has 4 nitrogen and oxygen atoms in total. The van der Waals surface area contributed by atoms with E-state index in [9.17, 15) is 12.8 Å². The number of benzene rings is 3. The van der Waals surface area contributed by atoms with Crippen LogP contribution in [0.25, 0.3) is 12.2 Å². The Morgan fingerprint density at radius 2 is 1.39 bits per heavy atom. The number of rotatable bonds is 5. The summed E-state index contributed by atoms with van der Waals surface area (Å²) in [6.45, 7) is 0.826. The number of fused-ring (bicyclic) bond motifs is 2. The van der Waals surface area contributed by atoms with Crippen LogP contribution in [0.4, 0.5) is 4.39 Å². The van der Waals surface area contributed by atoms with Crippen LogP contribution < -0.4 is 5.32 Å². The predicted octanol–water partition coefficient (Wildman–Crippen LogP) is 4.12. The lowest BCUT2D eigenvalue weighted by atomic mass is 9.75. The van der Waals surface area contributed by atoms with Gasteiger partial charge >= 0.3 is 0 Å². The third-order valence-electron chi connectivity index (χ3n) is 6.14. The molecule has 3 aliphatic heterocycles. The Labute approximate surface area is 182 Å². The highest BCUT2D eigenvalue weighted by Gasteiger charge is 2.49. The number of piperazine rings is 1. The number of halogens is 1. The molecule has 0 aliphatic carbocycles. The number of nitrogens with one attached hydrogen (secondary N) is 1. The van der Waals surface area contributed by atoms with Crippen molar-refractivity contribution in [3.8, 4) is 0 Å². The van der Waals surface area contributed by atoms with Gasteiger partial charge in [-0.25, -0.2) is 12.8 Å². The summed E-state index contributed by atoms with van der Waals surface area (Å²) in [4.78, 5) is 0.140. The van der Waals surface area contributed by atoms with Crippen LogP contribution in [0, 0.1) is 5.82 Å². The maximum atomic E-state index is 13.2. The predicted molar refractivity (Wildman–Crippen MR) is 120 cm³/mol. The second-order valence-corrected chi connectivity index (χ2v) is 10.0. The van der Waals surface area contributed by atoms with Gasteiger partial charge in [0.05, 0.1) is 4.90 Å². The molecule has 3 fully saturated rings. The highest BCUT2D eigenvalue weighted by atomic mass is 32.2. The van der Waals surface area contributed by atoms with Gasteiger partial charge in [-0.3, -0.25) is 0 Å². The topological polar surface area (TPSA) is 49.4 Å². The zero-order valence-corrected chi connectivity index (χ0v) is 17.7. The Hall–Kier alpha value is -2.80. The molecule has 1 N–H and O–H groups in total. The Kier molecular flexibility index (Phi) is 5.22. The number of sulfonamides is 1. The molecule has 158 valence electrons. The fraction of sp³-hybridized carbons (Fsp3) is 0.200. The van der Waals surface area contributed by atoms with E-state index in [1.165, 1.54) is 34.1 Å². The molecule has 3 aliphatic rings. The van der Waals surface area contributed by atoms with Crippen LogP contribution in [-0.4, -0.2) is 37.9 Å². The third-order valence-corrected chi connectivity index (χ3v) is 7.98. The minimum atomic E-state index is -3.61. The largest absolute Gasteiger partial charge is 0.307 e. The van der Waals surface area contributed by atoms with Gasteiger partial charge in [-0.05, 0) is 41.0 Å². The van der Waals surface area contributed by atoms with Crippen LogP contribution in [-0.2, 0) is 10.0 Å². The first-order valence-electron chi connectivity index (χ1n) is 10.4. The number of piperidine rings is 1. The summed E-state index contributed by atoms with van der Waals surface area (Å²) in [5, 5.41) is 3.47. The molecule has 0 radical (unpaired) electrons. The zero-order chi connectivity index (χ0) is 21.4. The first kappa shape index (κ1) is 20.1. The Bertz CT molecular complexity index is 1180. The van der Waals surface area contributed by atoms with Crippen molar-refractivity contribution in [2.45, 2.75) is 22.9 Å². The average Bonchev–Trinajstić information content (AvgIpc) is 2.79. The Balaban J connectivity index is 1.27. The van der Waals surface area contributed by atoms with Crippen molar-refractivity contribution in [3.05, 3.63) is 101 Å². The summed E-state index contributed by atoms with van der Waals surface area (Å²) >= 11 is 0. The van der Waals surface area contributed by atoms with E-state index < -0.39 is 15.8 Å². The number of hydrogen-bond donors (Lipinski definition) is 1. The normalized spacial score (nSPS) is 23.6. The van der Waals surface area contributed by atoms with Crippen LogP contribution in [0.1, 0.15) is 22.6 Å². The first-order valence-corrected chi connectivity index (χ1v) is 11.8. The molecule has 0 spiro atoms. The zero-order valence-electron chi connectivity index (χ0n) is 16.9. The minimum absolute atomic E-state index is 0.0830. The number of hydrogen-bond acceptors (Lipinski definition) is 3. The lowest BCUT2D eigenvalue weighted by molar-refractivity contribution is 0.102. The van der Waals surface area contributed by atoms with Gasteiger partial charge < -0.3 is 5.32 Å². The van der Waals surface area contributed by atoms with Crippen LogP contribution in [0.3, 0.4) is 0 Å². The van der Waals surface area contributed by atoms with Gasteiger partial charge in [0.25, 0.3) is 0 Å². The highest BCUT2D eigenvalue weighted by molar-refractivity contribution is 7.89. The fourth-order valence-corrected chi connectivity index (χ4v) is 5.98. The standard InChI is InChI=1S/C25H23FN2O2S/c26-21-12-14-22(15-13-21)31(29,30)28-16-23-25(24(17-28)27-23)20-10-8-19(9-11-20)7-6-18-4-2-1-3-5-18/h1-15,23-25,27H,16-17H2/t23-,24+,25?. The summed E-state index contributed by atoms with van der Waals surface area (Å²) in [7, 11) is -3.61. The smallest absolute Gasteiger partial charge is 0.243 e. The van der Waals surface area contributed by atoms with Crippen molar-refractivity contribution in [1.82, 2.24) is 9.62 Å². The van der Waals surface area contributed by atoms with E-state index in [-0.39, 0.29) is 17.0 Å². The van der Waals surface area contributed by atoms with Crippen LogP contribution >= 0.6 is 0 Å². The summed E-state index contributed by atoms with van der Waals surface area (Å²) in [5.74, 6) is -0.143. The molecule has 2 bridgehead atoms. The van der Waals surface area contributed by atoms with E-state index in [2.05, 4.69) is 53.9 Å². The lowest BCUT2D eigenvalue weighted by Gasteiger charge is -2.54. The van der Waals surface area contributed by atoms with Gasteiger partial charge in [0.1, 0.15) is 5.82 Å². The molecule has 3 aromatic carbocycles. The van der Waals surface area contributed by atoms with E-state index in [1.54, 1.807) is 0 Å². The van der Waals surface area contributed by atoms with Crippen molar-refractivity contribution < 1.29 is 12.8 Å². The van der Waals surface area contributed by atoms with E-state index in [0.29, 0.717) is 19.0 Å². The van der Waals surface area contributed by atoms with Crippen molar-refractivity contribution in [3.63, 3.8) is 0 Å². The second-order valence-electron chi connectivity index (χ2n) is 8.09. The van der Waals surface area contributed by atoms with Gasteiger partial charge in [-0.1, -0.05) is 66.7 Å². The van der Waals surface area contributed by atoms with Gasteiger partial charge in [0, 0.05) is 31.1 Å². The molecule has 0 amide bonds. The molecular weight excluding hydrogens is 411 g/mol. The maximum absolute atomic E-state index is 13.2. The Morgan fingerprint density at radius 3 is 2.00 bits per heavy atom. The van der Waals surface area contributed by atoms with Crippen molar-refractivity contribution >= 4 is 22.2 Å². The molecule has 31 heavy (non-hydrogen) atoms. The summed E-state index contributed by atoms with van der Waals surface area (Å²) in [5.41, 5.74) is 3.52. The molecule has 3 heterocycles. The fourth-order valence-electron chi connectivity index (χ4n) is 4.49. The van der Waals surface area contributed by atoms with Gasteiger partial charge in [0.15, 0.2) is 0 Å². The molecule has 0 saturated carbocycles. The van der Waals surface area contributed by atoms with E-state index in [0.717, 1.165) is 11.1 Å². The monoisotopic (exact) mass is 434 g/mol. The lowest BCUT2D eigenvalue weighted by Crippen LogP contribution is -2.72. The van der Waals surface area contributed by atoms with E-state index in [1.807, 2.05) is 18.2 Å². The van der Waals surface area contributed by atoms with Gasteiger partial charge in [0.2, 0.25) is 10.0 Å². The summed E-state index contributed by atoms with van der Waals surface area (Å²) in [6.07, 6.45) is 4.18. The quantitative estimate of drug-likeness (QED) is 0.615.